The zero-order valence-electron chi connectivity index (χ0n) is 22.0. The van der Waals surface area contributed by atoms with Crippen molar-refractivity contribution in [2.75, 3.05) is 32.8 Å². The van der Waals surface area contributed by atoms with Crippen LogP contribution in [0, 0.1) is 11.3 Å². The molecule has 2 aliphatic heterocycles. The molecule has 0 bridgehead atoms. The molecule has 0 unspecified atom stereocenters. The third-order valence-electron chi connectivity index (χ3n) is 7.23. The number of amides is 1. The maximum atomic E-state index is 12.8. The van der Waals surface area contributed by atoms with E-state index in [1.54, 1.807) is 0 Å². The van der Waals surface area contributed by atoms with E-state index in [0.29, 0.717) is 11.3 Å². The van der Waals surface area contributed by atoms with Crippen LogP contribution in [0.4, 0.5) is 13.2 Å². The summed E-state index contributed by atoms with van der Waals surface area (Å²) in [5.74, 6) is -1.01. The summed E-state index contributed by atoms with van der Waals surface area (Å²) in [6.07, 6.45) is -0.355. The average Bonchev–Trinajstić information content (AvgIpc) is 2.90. The van der Waals surface area contributed by atoms with Crippen LogP contribution in [0.25, 0.3) is 0 Å². The van der Waals surface area contributed by atoms with E-state index in [2.05, 4.69) is 47.9 Å². The highest BCUT2D eigenvalue weighted by atomic mass is 19.4. The Morgan fingerprint density at radius 1 is 0.921 bits per heavy atom. The van der Waals surface area contributed by atoms with Crippen molar-refractivity contribution in [2.24, 2.45) is 11.3 Å². The highest BCUT2D eigenvalue weighted by Gasteiger charge is 2.39. The minimum atomic E-state index is -5.08. The summed E-state index contributed by atoms with van der Waals surface area (Å²) in [4.78, 5) is 26.3. The Hall–Kier alpha value is -3.07. The molecular formula is C29H37F3N2O4. The smallest absolute Gasteiger partial charge is 0.490 e. The molecule has 2 aromatic carbocycles. The lowest BCUT2D eigenvalue weighted by Gasteiger charge is -2.47. The maximum Gasteiger partial charge on any atom is 0.490 e. The second-order valence-electron chi connectivity index (χ2n) is 10.5. The summed E-state index contributed by atoms with van der Waals surface area (Å²) in [5, 5.41) is 7.12. The number of ether oxygens (including phenoxy) is 1. The third-order valence-corrected chi connectivity index (χ3v) is 7.23. The molecule has 0 aromatic heterocycles. The fourth-order valence-electron chi connectivity index (χ4n) is 4.91. The van der Waals surface area contributed by atoms with Crippen LogP contribution in [0.1, 0.15) is 55.5 Å². The number of hydrogen-bond donors (Lipinski definition) is 1. The predicted octanol–water partition coefficient (Wildman–Crippen LogP) is 5.87. The molecule has 208 valence electrons. The van der Waals surface area contributed by atoms with Gasteiger partial charge in [-0.25, -0.2) is 4.79 Å². The van der Waals surface area contributed by atoms with E-state index in [9.17, 15) is 18.0 Å². The summed E-state index contributed by atoms with van der Waals surface area (Å²) >= 11 is 0. The third kappa shape index (κ3) is 8.48. The highest BCUT2D eigenvalue weighted by molar-refractivity contribution is 5.94. The predicted molar refractivity (Wildman–Crippen MR) is 139 cm³/mol. The van der Waals surface area contributed by atoms with Crippen molar-refractivity contribution in [3.63, 3.8) is 0 Å². The maximum absolute atomic E-state index is 12.8. The first-order valence-electron chi connectivity index (χ1n) is 13.1. The zero-order chi connectivity index (χ0) is 27.8. The van der Waals surface area contributed by atoms with Crippen molar-refractivity contribution in [3.05, 3.63) is 65.7 Å². The van der Waals surface area contributed by atoms with E-state index >= 15 is 0 Å². The number of carboxylic acids is 1. The van der Waals surface area contributed by atoms with Gasteiger partial charge in [0.2, 0.25) is 0 Å². The lowest BCUT2D eigenvalue weighted by Crippen LogP contribution is -2.48. The quantitative estimate of drug-likeness (QED) is 0.502. The van der Waals surface area contributed by atoms with Crippen molar-refractivity contribution in [3.8, 4) is 5.75 Å². The van der Waals surface area contributed by atoms with Crippen molar-refractivity contribution in [2.45, 2.75) is 52.3 Å². The number of carboxylic acid groups (broad SMARTS) is 1. The minimum absolute atomic E-state index is 0.186. The number of piperidine rings is 2. The number of nitrogens with zero attached hydrogens (tertiary/aromatic N) is 2. The van der Waals surface area contributed by atoms with E-state index in [1.807, 2.05) is 30.3 Å². The molecule has 6 nitrogen and oxygen atoms in total. The van der Waals surface area contributed by atoms with E-state index < -0.39 is 12.1 Å². The second kappa shape index (κ2) is 13.1. The van der Waals surface area contributed by atoms with Crippen LogP contribution in [0.2, 0.25) is 0 Å². The van der Waals surface area contributed by atoms with Gasteiger partial charge in [-0.3, -0.25) is 9.69 Å². The summed E-state index contributed by atoms with van der Waals surface area (Å²) < 4.78 is 37.8. The van der Waals surface area contributed by atoms with Gasteiger partial charge in [0.1, 0.15) is 5.75 Å². The fraction of sp³-hybridized carbons (Fsp3) is 0.517. The Bertz CT molecular complexity index is 1040. The van der Waals surface area contributed by atoms with Crippen molar-refractivity contribution < 1.29 is 32.6 Å². The van der Waals surface area contributed by atoms with Crippen LogP contribution in [-0.2, 0) is 11.3 Å². The molecule has 9 heteroatoms. The Morgan fingerprint density at radius 3 is 2.00 bits per heavy atom. The number of para-hydroxylation sites is 1. The Labute approximate surface area is 222 Å². The first kappa shape index (κ1) is 29.5. The summed E-state index contributed by atoms with van der Waals surface area (Å²) in [5.41, 5.74) is 2.52. The second-order valence-corrected chi connectivity index (χ2v) is 10.5. The lowest BCUT2D eigenvalue weighted by molar-refractivity contribution is -0.192. The number of halogens is 3. The van der Waals surface area contributed by atoms with Crippen LogP contribution in [0.3, 0.4) is 0 Å². The van der Waals surface area contributed by atoms with Gasteiger partial charge in [0.05, 0.1) is 6.61 Å². The lowest BCUT2D eigenvalue weighted by atomic mass is 9.71. The van der Waals surface area contributed by atoms with Gasteiger partial charge in [0.15, 0.2) is 0 Å². The van der Waals surface area contributed by atoms with Crippen molar-refractivity contribution >= 4 is 11.9 Å². The largest absolute Gasteiger partial charge is 0.493 e. The molecule has 1 amide bonds. The molecule has 4 rings (SSSR count). The molecule has 2 aliphatic rings. The van der Waals surface area contributed by atoms with E-state index in [-0.39, 0.29) is 5.91 Å². The minimum Gasteiger partial charge on any atom is -0.493 e. The number of likely N-dealkylation sites (tertiary alicyclic amines) is 2. The number of hydrogen-bond acceptors (Lipinski definition) is 4. The molecule has 38 heavy (non-hydrogen) atoms. The number of benzene rings is 2. The zero-order valence-corrected chi connectivity index (χ0v) is 22.0. The Balaban J connectivity index is 0.000000505. The van der Waals surface area contributed by atoms with Crippen LogP contribution in [-0.4, -0.2) is 65.7 Å². The van der Waals surface area contributed by atoms with Crippen LogP contribution >= 0.6 is 0 Å². The number of aliphatic carboxylic acids is 1. The number of alkyl halides is 3. The topological polar surface area (TPSA) is 70.1 Å². The molecule has 0 saturated carbocycles. The van der Waals surface area contributed by atoms with Gasteiger partial charge in [-0.15, -0.1) is 0 Å². The standard InChI is InChI=1S/C27H36N2O2.C2HF3O2/c1-22(2)21-31-25-11-7-6-10-24(25)20-28-16-12-27(13-17-28)14-18-29(19-15-27)26(30)23-8-4-3-5-9-23;3-2(4,5)1(6)7/h3-11,22H,12-21H2,1-2H3;(H,6,7). The van der Waals surface area contributed by atoms with Gasteiger partial charge in [-0.1, -0.05) is 50.2 Å². The van der Waals surface area contributed by atoms with Gasteiger partial charge >= 0.3 is 12.1 Å². The molecule has 0 radical (unpaired) electrons. The molecular weight excluding hydrogens is 497 g/mol. The number of rotatable bonds is 6. The van der Waals surface area contributed by atoms with Crippen LogP contribution in [0.5, 0.6) is 5.75 Å². The molecule has 2 aromatic rings. The molecule has 1 spiro atoms. The molecule has 1 N–H and O–H groups in total. The van der Waals surface area contributed by atoms with Gasteiger partial charge in [0.25, 0.3) is 5.91 Å². The monoisotopic (exact) mass is 534 g/mol. The average molecular weight is 535 g/mol. The summed E-state index contributed by atoms with van der Waals surface area (Å²) in [7, 11) is 0. The molecule has 2 fully saturated rings. The van der Waals surface area contributed by atoms with Gasteiger partial charge in [-0.05, 0) is 68.3 Å². The molecule has 2 heterocycles. The van der Waals surface area contributed by atoms with Gasteiger partial charge < -0.3 is 14.7 Å². The highest BCUT2D eigenvalue weighted by Crippen LogP contribution is 2.42. The summed E-state index contributed by atoms with van der Waals surface area (Å²) in [6.45, 7) is 10.1. The van der Waals surface area contributed by atoms with E-state index in [0.717, 1.165) is 63.5 Å². The van der Waals surface area contributed by atoms with Crippen LogP contribution in [0.15, 0.2) is 54.6 Å². The van der Waals surface area contributed by atoms with Crippen molar-refractivity contribution in [1.82, 2.24) is 9.80 Å². The first-order chi connectivity index (χ1) is 18.0. The molecule has 2 saturated heterocycles. The van der Waals surface area contributed by atoms with Gasteiger partial charge in [-0.2, -0.15) is 13.2 Å². The Kier molecular flexibility index (Phi) is 10.2. The van der Waals surface area contributed by atoms with Gasteiger partial charge in [0, 0.05) is 30.8 Å². The molecule has 0 atom stereocenters. The fourth-order valence-corrected chi connectivity index (χ4v) is 4.91. The normalized spacial score (nSPS) is 17.6. The summed E-state index contributed by atoms with van der Waals surface area (Å²) in [6, 6.07) is 18.2. The van der Waals surface area contributed by atoms with Crippen LogP contribution < -0.4 is 4.74 Å². The van der Waals surface area contributed by atoms with E-state index in [4.69, 9.17) is 14.6 Å². The first-order valence-corrected chi connectivity index (χ1v) is 13.1. The SMILES string of the molecule is CC(C)COc1ccccc1CN1CCC2(CC1)CCN(C(=O)c1ccccc1)CC2.O=C(O)C(F)(F)F. The van der Waals surface area contributed by atoms with E-state index in [1.165, 1.54) is 18.4 Å². The van der Waals surface area contributed by atoms with Crippen molar-refractivity contribution in [1.29, 1.82) is 0 Å². The number of carbonyl (C=O) groups excluding carboxylic acids is 1. The molecule has 0 aliphatic carbocycles. The Morgan fingerprint density at radius 2 is 1.45 bits per heavy atom. The number of carbonyl (C=O) groups is 2.